The fourth-order valence-corrected chi connectivity index (χ4v) is 5.87. The molecule has 3 fully saturated rings. The molecular weight excluding hydrogens is 418 g/mol. The van der Waals surface area contributed by atoms with Gasteiger partial charge >= 0.3 is 0 Å². The first-order chi connectivity index (χ1) is 15.9. The molecule has 7 heteroatoms. The third kappa shape index (κ3) is 4.28. The molecule has 1 saturated carbocycles. The Bertz CT molecular complexity index is 953. The molecule has 0 spiro atoms. The topological polar surface area (TPSA) is 71.1 Å². The Balaban J connectivity index is 1.25. The molecule has 5 rings (SSSR count). The zero-order chi connectivity index (χ0) is 23.2. The van der Waals surface area contributed by atoms with E-state index in [4.69, 9.17) is 9.47 Å². The summed E-state index contributed by atoms with van der Waals surface area (Å²) in [7, 11) is 1.81. The van der Waals surface area contributed by atoms with Crippen molar-refractivity contribution in [3.8, 4) is 5.75 Å². The number of nitrogens with zero attached hydrogens (tertiary/aromatic N) is 2. The van der Waals surface area contributed by atoms with Gasteiger partial charge in [-0.2, -0.15) is 0 Å². The van der Waals surface area contributed by atoms with E-state index in [1.54, 1.807) is 4.90 Å². The molecule has 0 aromatic heterocycles. The predicted octanol–water partition coefficient (Wildman–Crippen LogP) is 3.24. The maximum Gasteiger partial charge on any atom is 0.255 e. The highest BCUT2D eigenvalue weighted by molar-refractivity contribution is 6.01. The molecular formula is C26H35N3O4. The summed E-state index contributed by atoms with van der Waals surface area (Å²) < 4.78 is 12.2. The van der Waals surface area contributed by atoms with Crippen LogP contribution >= 0.6 is 0 Å². The number of carbonyl (C=O) groups excluding carboxylic acids is 2. The third-order valence-electron chi connectivity index (χ3n) is 8.13. The summed E-state index contributed by atoms with van der Waals surface area (Å²) in [6.45, 7) is 8.57. The molecule has 1 aromatic rings. The number of allylic oxidation sites excluding steroid dienone is 1. The Morgan fingerprint density at radius 1 is 1.15 bits per heavy atom. The summed E-state index contributed by atoms with van der Waals surface area (Å²) in [6.07, 6.45) is 6.97. The van der Waals surface area contributed by atoms with E-state index in [9.17, 15) is 9.59 Å². The quantitative estimate of drug-likeness (QED) is 0.741. The van der Waals surface area contributed by atoms with Gasteiger partial charge in [-0.25, -0.2) is 0 Å². The van der Waals surface area contributed by atoms with Gasteiger partial charge in [0.2, 0.25) is 5.91 Å². The summed E-state index contributed by atoms with van der Waals surface area (Å²) in [5.41, 5.74) is 2.34. The molecule has 3 aliphatic heterocycles. The highest BCUT2D eigenvalue weighted by Gasteiger charge is 2.40. The van der Waals surface area contributed by atoms with Gasteiger partial charge in [0, 0.05) is 44.0 Å². The second-order valence-corrected chi connectivity index (χ2v) is 10.2. The highest BCUT2D eigenvalue weighted by Crippen LogP contribution is 2.35. The lowest BCUT2D eigenvalue weighted by Crippen LogP contribution is -2.51. The molecule has 1 N–H and O–H groups in total. The summed E-state index contributed by atoms with van der Waals surface area (Å²) in [4.78, 5) is 29.7. The Morgan fingerprint density at radius 2 is 1.94 bits per heavy atom. The van der Waals surface area contributed by atoms with Crippen LogP contribution in [0.15, 0.2) is 30.5 Å². The van der Waals surface area contributed by atoms with Crippen molar-refractivity contribution in [2.24, 2.45) is 0 Å². The standard InChI is InChI=1S/C26H35N3O4/c1-17-7-10-22(24(30)27-17)29-16-18-15-19(8-9-20(18)25(29)31)33-23-6-4-5-21(23)28-13-11-26(2,32-3)12-14-28/h8-9,15,21-23H,1,4-7,10-14,16H2,2-3H3,(H,27,30)/t21-,22?,23-/m1/s1. The predicted molar refractivity (Wildman–Crippen MR) is 125 cm³/mol. The number of carbonyl (C=O) groups is 2. The third-order valence-corrected chi connectivity index (χ3v) is 8.13. The Hall–Kier alpha value is -2.38. The summed E-state index contributed by atoms with van der Waals surface area (Å²) in [6, 6.07) is 5.77. The van der Waals surface area contributed by atoms with E-state index < -0.39 is 6.04 Å². The van der Waals surface area contributed by atoms with Gasteiger partial charge < -0.3 is 19.7 Å². The normalized spacial score (nSPS) is 29.8. The number of hydrogen-bond acceptors (Lipinski definition) is 5. The lowest BCUT2D eigenvalue weighted by atomic mass is 9.92. The number of methoxy groups -OCH3 is 1. The van der Waals surface area contributed by atoms with E-state index in [0.29, 0.717) is 31.0 Å². The largest absolute Gasteiger partial charge is 0.489 e. The lowest BCUT2D eigenvalue weighted by molar-refractivity contribution is -0.126. The number of nitrogens with one attached hydrogen (secondary N) is 1. The molecule has 4 aliphatic rings. The fourth-order valence-electron chi connectivity index (χ4n) is 5.87. The average Bonchev–Trinajstić information content (AvgIpc) is 3.39. The van der Waals surface area contributed by atoms with Crippen LogP contribution in [0.2, 0.25) is 0 Å². The monoisotopic (exact) mass is 453 g/mol. The smallest absolute Gasteiger partial charge is 0.255 e. The maximum absolute atomic E-state index is 13.0. The van der Waals surface area contributed by atoms with Crippen molar-refractivity contribution >= 4 is 11.8 Å². The number of ether oxygens (including phenoxy) is 2. The van der Waals surface area contributed by atoms with Crippen molar-refractivity contribution in [1.29, 1.82) is 0 Å². The van der Waals surface area contributed by atoms with E-state index in [1.807, 2.05) is 25.3 Å². The SMILES string of the molecule is C=C1CCC(N2Cc3cc(O[C@@H]4CCC[C@H]4N4CCC(C)(OC)CC4)ccc3C2=O)C(=O)N1. The van der Waals surface area contributed by atoms with E-state index in [0.717, 1.165) is 55.8 Å². The Morgan fingerprint density at radius 3 is 2.67 bits per heavy atom. The van der Waals surface area contributed by atoms with Gasteiger partial charge in [-0.05, 0) is 75.6 Å². The zero-order valence-electron chi connectivity index (χ0n) is 19.8. The first-order valence-electron chi connectivity index (χ1n) is 12.3. The maximum atomic E-state index is 13.0. The van der Waals surface area contributed by atoms with E-state index in [1.165, 1.54) is 6.42 Å². The number of amides is 2. The second kappa shape index (κ2) is 8.76. The van der Waals surface area contributed by atoms with Crippen molar-refractivity contribution < 1.29 is 19.1 Å². The molecule has 1 aromatic carbocycles. The van der Waals surface area contributed by atoms with Crippen LogP contribution < -0.4 is 10.1 Å². The van der Waals surface area contributed by atoms with Crippen molar-refractivity contribution in [2.45, 2.75) is 82.2 Å². The van der Waals surface area contributed by atoms with Crippen LogP contribution in [0.4, 0.5) is 0 Å². The molecule has 178 valence electrons. The first kappa shape index (κ1) is 22.4. The number of rotatable bonds is 5. The molecule has 3 atom stereocenters. The molecule has 1 unspecified atom stereocenters. The Kier molecular flexibility index (Phi) is 5.95. The summed E-state index contributed by atoms with van der Waals surface area (Å²) in [5.74, 6) is 0.613. The van der Waals surface area contributed by atoms with Crippen LogP contribution in [-0.2, 0) is 16.1 Å². The van der Waals surface area contributed by atoms with Crippen LogP contribution in [-0.4, -0.2) is 65.6 Å². The number of fused-ring (bicyclic) bond motifs is 1. The molecule has 1 aliphatic carbocycles. The van der Waals surface area contributed by atoms with E-state index >= 15 is 0 Å². The van der Waals surface area contributed by atoms with Crippen LogP contribution in [0, 0.1) is 0 Å². The van der Waals surface area contributed by atoms with Crippen molar-refractivity contribution in [2.75, 3.05) is 20.2 Å². The van der Waals surface area contributed by atoms with Gasteiger partial charge in [0.05, 0.1) is 5.60 Å². The molecule has 7 nitrogen and oxygen atoms in total. The lowest BCUT2D eigenvalue weighted by Gasteiger charge is -2.42. The number of likely N-dealkylation sites (tertiary alicyclic amines) is 1. The van der Waals surface area contributed by atoms with Gasteiger partial charge in [-0.1, -0.05) is 6.58 Å². The van der Waals surface area contributed by atoms with Crippen LogP contribution in [0.3, 0.4) is 0 Å². The van der Waals surface area contributed by atoms with Crippen LogP contribution in [0.1, 0.15) is 67.8 Å². The van der Waals surface area contributed by atoms with Gasteiger partial charge in [0.1, 0.15) is 17.9 Å². The second-order valence-electron chi connectivity index (χ2n) is 10.2. The molecule has 2 amide bonds. The number of piperidine rings is 2. The van der Waals surface area contributed by atoms with Crippen LogP contribution in [0.25, 0.3) is 0 Å². The minimum atomic E-state index is -0.434. The minimum Gasteiger partial charge on any atom is -0.489 e. The van der Waals surface area contributed by atoms with Gasteiger partial charge in [0.15, 0.2) is 0 Å². The average molecular weight is 454 g/mol. The fraction of sp³-hybridized carbons (Fsp3) is 0.615. The minimum absolute atomic E-state index is 0.00761. The van der Waals surface area contributed by atoms with Crippen molar-refractivity contribution in [1.82, 2.24) is 15.1 Å². The Labute approximate surface area is 196 Å². The molecule has 33 heavy (non-hydrogen) atoms. The first-order valence-corrected chi connectivity index (χ1v) is 12.3. The van der Waals surface area contributed by atoms with Gasteiger partial charge in [0.25, 0.3) is 5.91 Å². The summed E-state index contributed by atoms with van der Waals surface area (Å²) in [5, 5.41) is 2.79. The molecule has 0 bridgehead atoms. The molecule has 2 saturated heterocycles. The molecule has 3 heterocycles. The highest BCUT2D eigenvalue weighted by atomic mass is 16.5. The van der Waals surface area contributed by atoms with E-state index in [2.05, 4.69) is 23.7 Å². The van der Waals surface area contributed by atoms with Gasteiger partial charge in [-0.15, -0.1) is 0 Å². The molecule has 0 radical (unpaired) electrons. The van der Waals surface area contributed by atoms with E-state index in [-0.39, 0.29) is 23.5 Å². The number of hydrogen-bond donors (Lipinski definition) is 1. The number of benzene rings is 1. The van der Waals surface area contributed by atoms with Crippen molar-refractivity contribution in [3.05, 3.63) is 41.6 Å². The van der Waals surface area contributed by atoms with Crippen molar-refractivity contribution in [3.63, 3.8) is 0 Å². The zero-order valence-corrected chi connectivity index (χ0v) is 19.8. The van der Waals surface area contributed by atoms with Crippen LogP contribution in [0.5, 0.6) is 5.75 Å². The van der Waals surface area contributed by atoms with Gasteiger partial charge in [-0.3, -0.25) is 14.5 Å². The summed E-state index contributed by atoms with van der Waals surface area (Å²) >= 11 is 0.